The molecule has 0 radical (unpaired) electrons. The van der Waals surface area contributed by atoms with E-state index in [4.69, 9.17) is 4.74 Å². The predicted molar refractivity (Wildman–Crippen MR) is 75.8 cm³/mol. The van der Waals surface area contributed by atoms with Gasteiger partial charge in [0.1, 0.15) is 0 Å². The van der Waals surface area contributed by atoms with Crippen molar-refractivity contribution < 1.29 is 4.74 Å². The van der Waals surface area contributed by atoms with E-state index in [0.29, 0.717) is 6.04 Å². The fourth-order valence-electron chi connectivity index (χ4n) is 2.66. The number of hydrogen-bond acceptors (Lipinski definition) is 2. The zero-order valence-corrected chi connectivity index (χ0v) is 11.6. The van der Waals surface area contributed by atoms with Gasteiger partial charge in [0, 0.05) is 13.2 Å². The molecule has 1 aromatic carbocycles. The summed E-state index contributed by atoms with van der Waals surface area (Å²) in [6.07, 6.45) is 5.16. The van der Waals surface area contributed by atoms with Crippen molar-refractivity contribution in [2.45, 2.75) is 38.6 Å². The number of benzene rings is 1. The molecule has 1 aliphatic carbocycles. The van der Waals surface area contributed by atoms with Gasteiger partial charge < -0.3 is 10.1 Å². The topological polar surface area (TPSA) is 21.3 Å². The van der Waals surface area contributed by atoms with E-state index in [1.165, 1.54) is 30.4 Å². The van der Waals surface area contributed by atoms with Crippen molar-refractivity contribution in [2.75, 3.05) is 20.3 Å². The smallest absolute Gasteiger partial charge is 0.0502 e. The first-order valence-electron chi connectivity index (χ1n) is 7.16. The van der Waals surface area contributed by atoms with E-state index in [9.17, 15) is 0 Å². The maximum Gasteiger partial charge on any atom is 0.0502 e. The molecule has 2 heteroatoms. The van der Waals surface area contributed by atoms with Crippen LogP contribution in [0.3, 0.4) is 0 Å². The predicted octanol–water partition coefficient (Wildman–Crippen LogP) is 3.33. The van der Waals surface area contributed by atoms with E-state index >= 15 is 0 Å². The molecule has 1 saturated carbocycles. The zero-order chi connectivity index (χ0) is 12.8. The molecular formula is C16H25NO. The Morgan fingerprint density at radius 3 is 2.50 bits per heavy atom. The van der Waals surface area contributed by atoms with Crippen LogP contribution in [0, 0.1) is 5.92 Å². The van der Waals surface area contributed by atoms with Crippen LogP contribution in [0.4, 0.5) is 0 Å². The SMILES string of the molecule is CCNC(c1ccc(CCOC)cc1)C1CCC1. The second-order valence-electron chi connectivity index (χ2n) is 5.21. The molecule has 1 atom stereocenters. The minimum atomic E-state index is 0.556. The number of nitrogens with one attached hydrogen (secondary N) is 1. The fourth-order valence-corrected chi connectivity index (χ4v) is 2.66. The Morgan fingerprint density at radius 2 is 2.00 bits per heavy atom. The van der Waals surface area contributed by atoms with E-state index in [2.05, 4.69) is 36.5 Å². The summed E-state index contributed by atoms with van der Waals surface area (Å²) in [7, 11) is 1.76. The number of rotatable bonds is 7. The molecule has 1 unspecified atom stereocenters. The summed E-state index contributed by atoms with van der Waals surface area (Å²) >= 11 is 0. The normalized spacial score (nSPS) is 17.4. The third-order valence-electron chi connectivity index (χ3n) is 3.98. The number of methoxy groups -OCH3 is 1. The maximum atomic E-state index is 5.11. The van der Waals surface area contributed by atoms with Crippen molar-refractivity contribution in [3.63, 3.8) is 0 Å². The third kappa shape index (κ3) is 3.33. The van der Waals surface area contributed by atoms with Crippen molar-refractivity contribution in [3.8, 4) is 0 Å². The summed E-state index contributed by atoms with van der Waals surface area (Å²) in [4.78, 5) is 0. The maximum absolute atomic E-state index is 5.11. The molecule has 0 amide bonds. The number of hydrogen-bond donors (Lipinski definition) is 1. The first-order chi connectivity index (χ1) is 8.85. The van der Waals surface area contributed by atoms with Gasteiger partial charge in [0.25, 0.3) is 0 Å². The van der Waals surface area contributed by atoms with Gasteiger partial charge in [-0.05, 0) is 42.9 Å². The van der Waals surface area contributed by atoms with Crippen LogP contribution in [0.15, 0.2) is 24.3 Å². The molecule has 0 bridgehead atoms. The summed E-state index contributed by atoms with van der Waals surface area (Å²) in [6, 6.07) is 9.63. The van der Waals surface area contributed by atoms with E-state index in [-0.39, 0.29) is 0 Å². The summed E-state index contributed by atoms with van der Waals surface area (Å²) in [5.41, 5.74) is 2.81. The van der Waals surface area contributed by atoms with E-state index in [0.717, 1.165) is 25.5 Å². The Hall–Kier alpha value is -0.860. The van der Waals surface area contributed by atoms with Crippen LogP contribution in [0.25, 0.3) is 0 Å². The molecule has 1 aromatic rings. The van der Waals surface area contributed by atoms with Crippen LogP contribution < -0.4 is 5.32 Å². The number of ether oxygens (including phenoxy) is 1. The second kappa shape index (κ2) is 6.91. The van der Waals surface area contributed by atoms with E-state index in [1.54, 1.807) is 7.11 Å². The highest BCUT2D eigenvalue weighted by Crippen LogP contribution is 2.37. The summed E-state index contributed by atoms with van der Waals surface area (Å²) < 4.78 is 5.11. The first-order valence-corrected chi connectivity index (χ1v) is 7.16. The van der Waals surface area contributed by atoms with Gasteiger partial charge in [0.2, 0.25) is 0 Å². The van der Waals surface area contributed by atoms with Crippen LogP contribution in [0.1, 0.15) is 43.4 Å². The first kappa shape index (κ1) is 13.6. The van der Waals surface area contributed by atoms with Crippen molar-refractivity contribution >= 4 is 0 Å². The summed E-state index contributed by atoms with van der Waals surface area (Å²) in [5.74, 6) is 0.842. The summed E-state index contributed by atoms with van der Waals surface area (Å²) in [5, 5.41) is 3.64. The van der Waals surface area contributed by atoms with Crippen LogP contribution in [0.2, 0.25) is 0 Å². The lowest BCUT2D eigenvalue weighted by atomic mass is 9.77. The molecule has 1 N–H and O–H groups in total. The van der Waals surface area contributed by atoms with Crippen molar-refractivity contribution in [2.24, 2.45) is 5.92 Å². The van der Waals surface area contributed by atoms with Crippen molar-refractivity contribution in [1.29, 1.82) is 0 Å². The monoisotopic (exact) mass is 247 g/mol. The van der Waals surface area contributed by atoms with Crippen LogP contribution >= 0.6 is 0 Å². The molecule has 0 aliphatic heterocycles. The third-order valence-corrected chi connectivity index (χ3v) is 3.98. The van der Waals surface area contributed by atoms with Gasteiger partial charge in [-0.3, -0.25) is 0 Å². The minimum absolute atomic E-state index is 0.556. The van der Waals surface area contributed by atoms with Crippen molar-refractivity contribution in [1.82, 2.24) is 5.32 Å². The Balaban J connectivity index is 2.00. The molecule has 18 heavy (non-hydrogen) atoms. The van der Waals surface area contributed by atoms with Gasteiger partial charge in [0.05, 0.1) is 6.61 Å². The van der Waals surface area contributed by atoms with Gasteiger partial charge >= 0.3 is 0 Å². The van der Waals surface area contributed by atoms with Crippen LogP contribution in [-0.2, 0) is 11.2 Å². The standard InChI is InChI=1S/C16H25NO/c1-3-17-16(14-5-4-6-14)15-9-7-13(8-10-15)11-12-18-2/h7-10,14,16-17H,3-6,11-12H2,1-2H3. The lowest BCUT2D eigenvalue weighted by Crippen LogP contribution is -2.32. The Bertz CT molecular complexity index is 343. The average molecular weight is 247 g/mol. The van der Waals surface area contributed by atoms with Gasteiger partial charge in [-0.1, -0.05) is 37.6 Å². The summed E-state index contributed by atoms with van der Waals surface area (Å²) in [6.45, 7) is 4.05. The largest absolute Gasteiger partial charge is 0.384 e. The quantitative estimate of drug-likeness (QED) is 0.798. The second-order valence-corrected chi connectivity index (χ2v) is 5.21. The Kier molecular flexibility index (Phi) is 5.21. The van der Waals surface area contributed by atoms with Gasteiger partial charge in [0.15, 0.2) is 0 Å². The highest BCUT2D eigenvalue weighted by atomic mass is 16.5. The highest BCUT2D eigenvalue weighted by Gasteiger charge is 2.27. The average Bonchev–Trinajstić information content (AvgIpc) is 2.34. The molecule has 2 rings (SSSR count). The van der Waals surface area contributed by atoms with Crippen LogP contribution in [-0.4, -0.2) is 20.3 Å². The lowest BCUT2D eigenvalue weighted by molar-refractivity contribution is 0.202. The van der Waals surface area contributed by atoms with Gasteiger partial charge in [-0.25, -0.2) is 0 Å². The highest BCUT2D eigenvalue weighted by molar-refractivity contribution is 5.26. The minimum Gasteiger partial charge on any atom is -0.384 e. The molecule has 2 nitrogen and oxygen atoms in total. The zero-order valence-electron chi connectivity index (χ0n) is 11.6. The van der Waals surface area contributed by atoms with Crippen molar-refractivity contribution in [3.05, 3.63) is 35.4 Å². The molecule has 0 heterocycles. The molecule has 0 saturated heterocycles. The molecule has 1 fully saturated rings. The Morgan fingerprint density at radius 1 is 1.28 bits per heavy atom. The fraction of sp³-hybridized carbons (Fsp3) is 0.625. The van der Waals surface area contributed by atoms with E-state index < -0.39 is 0 Å². The molecular weight excluding hydrogens is 222 g/mol. The van der Waals surface area contributed by atoms with Gasteiger partial charge in [-0.15, -0.1) is 0 Å². The van der Waals surface area contributed by atoms with E-state index in [1.807, 2.05) is 0 Å². The molecule has 100 valence electrons. The van der Waals surface area contributed by atoms with Gasteiger partial charge in [-0.2, -0.15) is 0 Å². The van der Waals surface area contributed by atoms with Crippen LogP contribution in [0.5, 0.6) is 0 Å². The molecule has 0 spiro atoms. The lowest BCUT2D eigenvalue weighted by Gasteiger charge is -2.34. The molecule has 0 aromatic heterocycles. The Labute approximate surface area is 111 Å². The molecule has 1 aliphatic rings.